The monoisotopic (exact) mass is 283 g/mol. The molecule has 2 aromatic rings. The van der Waals surface area contributed by atoms with Gasteiger partial charge >= 0.3 is 0 Å². The van der Waals surface area contributed by atoms with E-state index in [1.54, 1.807) is 0 Å². The summed E-state index contributed by atoms with van der Waals surface area (Å²) in [5, 5.41) is 12.6. The van der Waals surface area contributed by atoms with Crippen LogP contribution < -0.4 is 5.32 Å². The van der Waals surface area contributed by atoms with Crippen LogP contribution in [-0.4, -0.2) is 17.8 Å². The number of aryl methyl sites for hydroxylation is 1. The summed E-state index contributed by atoms with van der Waals surface area (Å²) in [4.78, 5) is 0. The van der Waals surface area contributed by atoms with Crippen LogP contribution in [0, 0.1) is 12.8 Å². The molecule has 3 heteroatoms. The fraction of sp³-hybridized carbons (Fsp3) is 0.333. The molecule has 1 aromatic heterocycles. The third kappa shape index (κ3) is 3.43. The van der Waals surface area contributed by atoms with Crippen LogP contribution in [0.1, 0.15) is 17.7 Å². The van der Waals surface area contributed by atoms with E-state index in [1.807, 2.05) is 12.1 Å². The van der Waals surface area contributed by atoms with E-state index in [0.29, 0.717) is 18.5 Å². The Morgan fingerprint density at radius 3 is 2.67 bits per heavy atom. The number of hydrogen-bond acceptors (Lipinski definition) is 3. The molecule has 1 aromatic carbocycles. The molecule has 2 atom stereocenters. The second kappa shape index (κ2) is 6.29. The first-order valence-electron chi connectivity index (χ1n) is 7.43. The van der Waals surface area contributed by atoms with Gasteiger partial charge in [-0.2, -0.15) is 0 Å². The number of rotatable bonds is 5. The Kier molecular flexibility index (Phi) is 4.23. The topological polar surface area (TPSA) is 45.4 Å². The minimum Gasteiger partial charge on any atom is -0.460 e. The number of aliphatic hydroxyl groups is 1. The van der Waals surface area contributed by atoms with Crippen molar-refractivity contribution >= 4 is 0 Å². The van der Waals surface area contributed by atoms with E-state index in [1.165, 1.54) is 5.56 Å². The number of hydrogen-bond donors (Lipinski definition) is 2. The van der Waals surface area contributed by atoms with E-state index in [2.05, 4.69) is 48.7 Å². The second-order valence-electron chi connectivity index (χ2n) is 5.68. The number of aliphatic hydroxyl groups excluding tert-OH is 1. The summed E-state index contributed by atoms with van der Waals surface area (Å²) in [6, 6.07) is 12.7. The third-order valence-corrected chi connectivity index (χ3v) is 3.94. The van der Waals surface area contributed by atoms with Crippen molar-refractivity contribution in [1.82, 2.24) is 5.32 Å². The lowest BCUT2D eigenvalue weighted by Crippen LogP contribution is -2.25. The summed E-state index contributed by atoms with van der Waals surface area (Å²) in [6.45, 7) is 3.02. The van der Waals surface area contributed by atoms with Crippen LogP contribution >= 0.6 is 0 Å². The Morgan fingerprint density at radius 2 is 1.95 bits per heavy atom. The van der Waals surface area contributed by atoms with Crippen molar-refractivity contribution in [3.05, 3.63) is 59.9 Å². The van der Waals surface area contributed by atoms with Gasteiger partial charge in [0.2, 0.25) is 0 Å². The normalized spacial score (nSPS) is 21.0. The lowest BCUT2D eigenvalue weighted by molar-refractivity contribution is 0.246. The molecule has 0 radical (unpaired) electrons. The van der Waals surface area contributed by atoms with Crippen LogP contribution in [-0.2, 0) is 6.54 Å². The number of benzene rings is 1. The first-order chi connectivity index (χ1) is 10.2. The highest BCUT2D eigenvalue weighted by atomic mass is 16.3. The highest BCUT2D eigenvalue weighted by Crippen LogP contribution is 2.23. The zero-order valence-corrected chi connectivity index (χ0v) is 12.3. The molecule has 0 spiro atoms. The van der Waals surface area contributed by atoms with Crippen molar-refractivity contribution in [2.75, 3.05) is 6.61 Å². The molecular weight excluding hydrogens is 262 g/mol. The zero-order valence-electron chi connectivity index (χ0n) is 12.3. The van der Waals surface area contributed by atoms with Crippen LogP contribution in [0.4, 0.5) is 0 Å². The minimum absolute atomic E-state index is 0.229. The molecule has 2 N–H and O–H groups in total. The van der Waals surface area contributed by atoms with Crippen molar-refractivity contribution in [2.45, 2.75) is 25.9 Å². The summed E-state index contributed by atoms with van der Waals surface area (Å²) >= 11 is 0. The van der Waals surface area contributed by atoms with Gasteiger partial charge in [0, 0.05) is 24.1 Å². The van der Waals surface area contributed by atoms with Gasteiger partial charge in [0.25, 0.3) is 0 Å². The molecule has 110 valence electrons. The van der Waals surface area contributed by atoms with Gasteiger partial charge in [0.15, 0.2) is 0 Å². The average Bonchev–Trinajstić information content (AvgIpc) is 3.15. The largest absolute Gasteiger partial charge is 0.460 e. The van der Waals surface area contributed by atoms with Gasteiger partial charge in [-0.1, -0.05) is 42.0 Å². The first kappa shape index (κ1) is 14.1. The van der Waals surface area contributed by atoms with Gasteiger partial charge in [-0.25, -0.2) is 0 Å². The molecular formula is C18H21NO2. The van der Waals surface area contributed by atoms with Crippen molar-refractivity contribution in [3.8, 4) is 11.3 Å². The van der Waals surface area contributed by atoms with Crippen molar-refractivity contribution in [3.63, 3.8) is 0 Å². The van der Waals surface area contributed by atoms with Crippen LogP contribution in [0.25, 0.3) is 11.3 Å². The summed E-state index contributed by atoms with van der Waals surface area (Å²) in [5.41, 5.74) is 2.35. The Bertz CT molecular complexity index is 612. The van der Waals surface area contributed by atoms with Gasteiger partial charge in [-0.15, -0.1) is 0 Å². The van der Waals surface area contributed by atoms with E-state index in [0.717, 1.165) is 23.5 Å². The van der Waals surface area contributed by atoms with Crippen LogP contribution in [0.2, 0.25) is 0 Å². The van der Waals surface area contributed by atoms with E-state index < -0.39 is 0 Å². The van der Waals surface area contributed by atoms with Crippen molar-refractivity contribution in [2.24, 2.45) is 5.92 Å². The molecule has 0 aliphatic heterocycles. The lowest BCUT2D eigenvalue weighted by atomic mass is 10.1. The van der Waals surface area contributed by atoms with Gasteiger partial charge in [0.1, 0.15) is 11.5 Å². The first-order valence-corrected chi connectivity index (χ1v) is 7.43. The third-order valence-electron chi connectivity index (χ3n) is 3.94. The van der Waals surface area contributed by atoms with Crippen molar-refractivity contribution in [1.29, 1.82) is 0 Å². The van der Waals surface area contributed by atoms with E-state index >= 15 is 0 Å². The Labute approximate surface area is 125 Å². The summed E-state index contributed by atoms with van der Waals surface area (Å²) in [5.74, 6) is 2.13. The number of nitrogens with one attached hydrogen (secondary N) is 1. The summed E-state index contributed by atoms with van der Waals surface area (Å²) in [7, 11) is 0. The fourth-order valence-corrected chi connectivity index (χ4v) is 2.64. The van der Waals surface area contributed by atoms with Gasteiger partial charge in [-0.3, -0.25) is 0 Å². The molecule has 0 bridgehead atoms. The number of furan rings is 1. The fourth-order valence-electron chi connectivity index (χ4n) is 2.64. The summed E-state index contributed by atoms with van der Waals surface area (Å²) in [6.07, 6.45) is 5.17. The van der Waals surface area contributed by atoms with Crippen molar-refractivity contribution < 1.29 is 9.52 Å². The highest BCUT2D eigenvalue weighted by molar-refractivity contribution is 5.57. The predicted molar refractivity (Wildman–Crippen MR) is 83.8 cm³/mol. The maximum Gasteiger partial charge on any atom is 0.134 e. The molecule has 3 nitrogen and oxygen atoms in total. The van der Waals surface area contributed by atoms with E-state index in [-0.39, 0.29) is 6.61 Å². The average molecular weight is 283 g/mol. The molecule has 0 unspecified atom stereocenters. The maximum atomic E-state index is 9.12. The Morgan fingerprint density at radius 1 is 1.14 bits per heavy atom. The molecule has 0 saturated heterocycles. The van der Waals surface area contributed by atoms with Gasteiger partial charge < -0.3 is 14.8 Å². The lowest BCUT2D eigenvalue weighted by Gasteiger charge is -2.11. The molecule has 0 amide bonds. The summed E-state index contributed by atoms with van der Waals surface area (Å²) < 4.78 is 5.89. The van der Waals surface area contributed by atoms with Crippen LogP contribution in [0.15, 0.2) is 53.0 Å². The highest BCUT2D eigenvalue weighted by Gasteiger charge is 2.17. The second-order valence-corrected chi connectivity index (χ2v) is 5.68. The molecule has 0 fully saturated rings. The van der Waals surface area contributed by atoms with Crippen LogP contribution in [0.3, 0.4) is 0 Å². The molecule has 1 heterocycles. The quantitative estimate of drug-likeness (QED) is 0.828. The minimum atomic E-state index is 0.229. The van der Waals surface area contributed by atoms with Crippen LogP contribution in [0.5, 0.6) is 0 Å². The smallest absolute Gasteiger partial charge is 0.134 e. The standard InChI is InChI=1S/C18H21NO2/c1-13-2-5-15(6-3-13)18-9-8-17(21-18)11-19-16-7-4-14(10-16)12-20/h2-9,14,16,19-20H,10-12H2,1H3/t14-,16+/m0/s1. The zero-order chi connectivity index (χ0) is 14.7. The maximum absolute atomic E-state index is 9.12. The SMILES string of the molecule is Cc1ccc(-c2ccc(CN[C@@H]3C=C[C@H](CO)C3)o2)cc1. The predicted octanol–water partition coefficient (Wildman–Crippen LogP) is 3.28. The van der Waals surface area contributed by atoms with E-state index in [4.69, 9.17) is 9.52 Å². The van der Waals surface area contributed by atoms with E-state index in [9.17, 15) is 0 Å². The molecule has 0 saturated carbocycles. The van der Waals surface area contributed by atoms with Gasteiger partial charge in [-0.05, 0) is 25.5 Å². The molecule has 3 rings (SSSR count). The Balaban J connectivity index is 1.58. The molecule has 1 aliphatic carbocycles. The Hall–Kier alpha value is -1.84. The molecule has 21 heavy (non-hydrogen) atoms. The molecule has 1 aliphatic rings. The van der Waals surface area contributed by atoms with Gasteiger partial charge in [0.05, 0.1) is 6.54 Å².